The van der Waals surface area contributed by atoms with Gasteiger partial charge in [0.1, 0.15) is 11.6 Å². The number of carbonyl (C=O) groups is 3. The number of amides is 3. The normalized spacial score (nSPS) is 23.9. The van der Waals surface area contributed by atoms with E-state index in [9.17, 15) is 14.4 Å². The molecular weight excluding hydrogens is 480 g/mol. The predicted octanol–water partition coefficient (Wildman–Crippen LogP) is 2.99. The molecule has 2 unspecified atom stereocenters. The molecule has 1 aromatic carbocycles. The van der Waals surface area contributed by atoms with E-state index in [4.69, 9.17) is 4.98 Å². The van der Waals surface area contributed by atoms with E-state index in [-0.39, 0.29) is 23.6 Å². The van der Waals surface area contributed by atoms with Crippen LogP contribution in [0.5, 0.6) is 0 Å². The number of nitrogens with zero attached hydrogens (tertiary/aromatic N) is 4. The lowest BCUT2D eigenvalue weighted by Gasteiger charge is -2.27. The van der Waals surface area contributed by atoms with Crippen LogP contribution in [-0.2, 0) is 16.1 Å². The zero-order valence-electron chi connectivity index (χ0n) is 21.4. The van der Waals surface area contributed by atoms with Crippen LogP contribution in [0.2, 0.25) is 0 Å². The summed E-state index contributed by atoms with van der Waals surface area (Å²) >= 11 is 0. The Morgan fingerprint density at radius 2 is 1.89 bits per heavy atom. The molecule has 7 rings (SSSR count). The van der Waals surface area contributed by atoms with Gasteiger partial charge in [0.15, 0.2) is 5.65 Å². The molecule has 196 valence electrons. The predicted molar refractivity (Wildman–Crippen MR) is 140 cm³/mol. The first-order chi connectivity index (χ1) is 18.5. The van der Waals surface area contributed by atoms with Gasteiger partial charge in [0.2, 0.25) is 11.8 Å². The van der Waals surface area contributed by atoms with Crippen molar-refractivity contribution in [1.29, 1.82) is 0 Å². The lowest BCUT2D eigenvalue weighted by Crippen LogP contribution is -2.50. The third-order valence-corrected chi connectivity index (χ3v) is 8.77. The molecule has 2 saturated carbocycles. The molecule has 1 spiro atoms. The summed E-state index contributed by atoms with van der Waals surface area (Å²) < 4.78 is 0. The Bertz CT molecular complexity index is 1410. The first-order valence-electron chi connectivity index (χ1n) is 13.8. The summed E-state index contributed by atoms with van der Waals surface area (Å²) in [6, 6.07) is 9.45. The van der Waals surface area contributed by atoms with Crippen molar-refractivity contribution in [3.8, 4) is 0 Å². The van der Waals surface area contributed by atoms with E-state index in [0.717, 1.165) is 43.4 Å². The molecule has 9 nitrogen and oxygen atoms in total. The topological polar surface area (TPSA) is 111 Å². The summed E-state index contributed by atoms with van der Waals surface area (Å²) in [6.45, 7) is 2.29. The number of hydrogen-bond donors (Lipinski definition) is 2. The molecule has 4 heterocycles. The highest BCUT2D eigenvalue weighted by molar-refractivity contribution is 6.06. The van der Waals surface area contributed by atoms with Gasteiger partial charge in [-0.25, -0.2) is 9.97 Å². The molecule has 9 heteroatoms. The summed E-state index contributed by atoms with van der Waals surface area (Å²) in [5, 5.41) is 3.03. The van der Waals surface area contributed by atoms with Crippen LogP contribution in [0.25, 0.3) is 11.2 Å². The number of nitrogens with one attached hydrogen (secondary N) is 2. The highest BCUT2D eigenvalue weighted by atomic mass is 16.2. The molecular formula is C29H32N6O3. The zero-order valence-corrected chi connectivity index (χ0v) is 21.4. The van der Waals surface area contributed by atoms with Crippen molar-refractivity contribution < 1.29 is 14.4 Å². The average Bonchev–Trinajstić information content (AvgIpc) is 3.86. The first-order valence-corrected chi connectivity index (χ1v) is 13.8. The van der Waals surface area contributed by atoms with Crippen molar-refractivity contribution in [3.63, 3.8) is 0 Å². The van der Waals surface area contributed by atoms with Crippen LogP contribution >= 0.6 is 0 Å². The molecule has 0 bridgehead atoms. The minimum Gasteiger partial charge on any atom is -0.344 e. The first kappa shape index (κ1) is 23.4. The average molecular weight is 513 g/mol. The number of likely N-dealkylation sites (tertiary alicyclic amines) is 2. The quantitative estimate of drug-likeness (QED) is 0.506. The Morgan fingerprint density at radius 3 is 2.66 bits per heavy atom. The van der Waals surface area contributed by atoms with E-state index in [1.807, 2.05) is 40.1 Å². The van der Waals surface area contributed by atoms with Gasteiger partial charge in [-0.05, 0) is 50.0 Å². The second-order valence-corrected chi connectivity index (χ2v) is 11.5. The van der Waals surface area contributed by atoms with E-state index in [1.54, 1.807) is 12.4 Å². The van der Waals surface area contributed by atoms with Crippen molar-refractivity contribution >= 4 is 28.9 Å². The fourth-order valence-electron chi connectivity index (χ4n) is 6.17. The van der Waals surface area contributed by atoms with Crippen LogP contribution in [0.1, 0.15) is 66.1 Å². The van der Waals surface area contributed by atoms with Gasteiger partial charge >= 0.3 is 0 Å². The Balaban J connectivity index is 1.05. The van der Waals surface area contributed by atoms with Crippen molar-refractivity contribution in [1.82, 2.24) is 30.1 Å². The van der Waals surface area contributed by atoms with E-state index in [2.05, 4.69) is 15.3 Å². The Labute approximate surface area is 221 Å². The monoisotopic (exact) mass is 512 g/mol. The Morgan fingerprint density at radius 1 is 1.11 bits per heavy atom. The SMILES string of the molecule is O=C(NC(C(=O)N1CCC2(CCN(Cc3ccccc3)C2=O)C1)C1CC1)c1c[nH]c2ncc(C3CC3)nc12. The second kappa shape index (κ2) is 8.92. The minimum absolute atomic E-state index is 0.0726. The van der Waals surface area contributed by atoms with Crippen LogP contribution in [-0.4, -0.2) is 68.1 Å². The van der Waals surface area contributed by atoms with Crippen molar-refractivity contribution in [2.75, 3.05) is 19.6 Å². The van der Waals surface area contributed by atoms with Gasteiger partial charge in [-0.1, -0.05) is 30.3 Å². The summed E-state index contributed by atoms with van der Waals surface area (Å²) in [5.41, 5.74) is 3.10. The van der Waals surface area contributed by atoms with Crippen molar-refractivity contribution in [3.05, 3.63) is 59.5 Å². The number of H-pyrrole nitrogens is 1. The fourth-order valence-corrected chi connectivity index (χ4v) is 6.17. The fraction of sp³-hybridized carbons (Fsp3) is 0.483. The summed E-state index contributed by atoms with van der Waals surface area (Å²) in [4.78, 5) is 56.5. The Kier molecular flexibility index (Phi) is 5.49. The number of aromatic nitrogens is 3. The van der Waals surface area contributed by atoms with Crippen LogP contribution in [0.4, 0.5) is 0 Å². The van der Waals surface area contributed by atoms with Crippen LogP contribution < -0.4 is 5.32 Å². The zero-order chi connectivity index (χ0) is 25.9. The third kappa shape index (κ3) is 4.14. The molecule has 3 aromatic rings. The smallest absolute Gasteiger partial charge is 0.255 e. The van der Waals surface area contributed by atoms with E-state index in [0.29, 0.717) is 55.2 Å². The summed E-state index contributed by atoms with van der Waals surface area (Å²) in [6.07, 6.45) is 8.90. The number of fused-ring (bicyclic) bond motifs is 1. The number of hydrogen-bond acceptors (Lipinski definition) is 5. The molecule has 2 N–H and O–H groups in total. The maximum atomic E-state index is 13.7. The van der Waals surface area contributed by atoms with E-state index in [1.165, 1.54) is 0 Å². The standard InChI is InChI=1S/C29H32N6O3/c36-26(21-14-30-25-24(21)32-22(15-31-25)19-6-7-19)33-23(20-8-9-20)27(37)35-13-11-29(17-35)10-12-34(28(29)38)16-18-4-2-1-3-5-18/h1-5,14-15,19-20,23H,6-13,16-17H2,(H,30,31)(H,33,36). The van der Waals surface area contributed by atoms with Gasteiger partial charge in [-0.2, -0.15) is 0 Å². The molecule has 2 aromatic heterocycles. The maximum absolute atomic E-state index is 13.7. The molecule has 4 aliphatic rings. The van der Waals surface area contributed by atoms with Gasteiger partial charge in [0, 0.05) is 38.3 Å². The van der Waals surface area contributed by atoms with Crippen LogP contribution in [0.15, 0.2) is 42.7 Å². The van der Waals surface area contributed by atoms with Crippen LogP contribution in [0, 0.1) is 11.3 Å². The Hall–Kier alpha value is -3.75. The van der Waals surface area contributed by atoms with Crippen molar-refractivity contribution in [2.24, 2.45) is 11.3 Å². The number of aromatic amines is 1. The maximum Gasteiger partial charge on any atom is 0.255 e. The van der Waals surface area contributed by atoms with E-state index >= 15 is 0 Å². The van der Waals surface area contributed by atoms with Crippen LogP contribution in [0.3, 0.4) is 0 Å². The molecule has 2 saturated heterocycles. The molecule has 0 radical (unpaired) electrons. The van der Waals surface area contributed by atoms with Gasteiger partial charge in [0.25, 0.3) is 5.91 Å². The van der Waals surface area contributed by atoms with Gasteiger partial charge in [-0.3, -0.25) is 14.4 Å². The number of rotatable bonds is 7. The summed E-state index contributed by atoms with van der Waals surface area (Å²) in [7, 11) is 0. The molecule has 38 heavy (non-hydrogen) atoms. The number of carbonyl (C=O) groups excluding carboxylic acids is 3. The molecule has 2 atom stereocenters. The lowest BCUT2D eigenvalue weighted by atomic mass is 9.85. The molecule has 3 amide bonds. The molecule has 2 aliphatic heterocycles. The van der Waals surface area contributed by atoms with Gasteiger partial charge in [0.05, 0.1) is 22.9 Å². The van der Waals surface area contributed by atoms with Crippen molar-refractivity contribution in [2.45, 2.75) is 57.0 Å². The largest absolute Gasteiger partial charge is 0.344 e. The molecule has 4 fully saturated rings. The highest BCUT2D eigenvalue weighted by Gasteiger charge is 2.53. The van der Waals surface area contributed by atoms with E-state index < -0.39 is 11.5 Å². The molecule has 2 aliphatic carbocycles. The number of benzene rings is 1. The lowest BCUT2D eigenvalue weighted by molar-refractivity contribution is -0.137. The highest BCUT2D eigenvalue weighted by Crippen LogP contribution is 2.43. The second-order valence-electron chi connectivity index (χ2n) is 11.5. The third-order valence-electron chi connectivity index (χ3n) is 8.77. The minimum atomic E-state index is -0.584. The van der Waals surface area contributed by atoms with Gasteiger partial charge in [-0.15, -0.1) is 0 Å². The van der Waals surface area contributed by atoms with Gasteiger partial charge < -0.3 is 20.1 Å². The summed E-state index contributed by atoms with van der Waals surface area (Å²) in [5.74, 6) is 0.339.